The van der Waals surface area contributed by atoms with Crippen LogP contribution in [-0.2, 0) is 9.59 Å². The summed E-state index contributed by atoms with van der Waals surface area (Å²) in [4.78, 5) is 25.4. The number of amides is 2. The standard InChI is InChI=1S/C16H17N3O2/c17-11-16(21)19(14-9-5-2-6-10-14)12-15(20)18-13-7-3-1-4-8-13/h1-10H,11-12,17H2,(H,18,20). The van der Waals surface area contributed by atoms with Crippen LogP contribution in [0.2, 0.25) is 0 Å². The fourth-order valence-electron chi connectivity index (χ4n) is 1.91. The van der Waals surface area contributed by atoms with E-state index in [1.807, 2.05) is 24.3 Å². The Morgan fingerprint density at radius 1 is 0.952 bits per heavy atom. The summed E-state index contributed by atoms with van der Waals surface area (Å²) in [6.45, 7) is -0.220. The maximum absolute atomic E-state index is 12.1. The van der Waals surface area contributed by atoms with Crippen molar-refractivity contribution in [3.63, 3.8) is 0 Å². The summed E-state index contributed by atoms with van der Waals surface area (Å²) >= 11 is 0. The molecule has 0 radical (unpaired) electrons. The first-order valence-electron chi connectivity index (χ1n) is 6.61. The van der Waals surface area contributed by atoms with Gasteiger partial charge in [0.2, 0.25) is 11.8 Å². The van der Waals surface area contributed by atoms with Gasteiger partial charge in [0, 0.05) is 11.4 Å². The fraction of sp³-hybridized carbons (Fsp3) is 0.125. The third-order valence-corrected chi connectivity index (χ3v) is 2.90. The van der Waals surface area contributed by atoms with E-state index in [9.17, 15) is 9.59 Å². The highest BCUT2D eigenvalue weighted by Gasteiger charge is 2.17. The smallest absolute Gasteiger partial charge is 0.244 e. The van der Waals surface area contributed by atoms with Gasteiger partial charge in [-0.15, -0.1) is 0 Å². The first-order chi connectivity index (χ1) is 10.2. The van der Waals surface area contributed by atoms with Gasteiger partial charge in [0.05, 0.1) is 6.54 Å². The molecule has 0 aromatic heterocycles. The van der Waals surface area contributed by atoms with Gasteiger partial charge in [-0.05, 0) is 24.3 Å². The van der Waals surface area contributed by atoms with Crippen molar-refractivity contribution in [1.82, 2.24) is 0 Å². The predicted octanol–water partition coefficient (Wildman–Crippen LogP) is 1.62. The van der Waals surface area contributed by atoms with Crippen molar-refractivity contribution in [3.8, 4) is 0 Å². The molecule has 5 nitrogen and oxygen atoms in total. The highest BCUT2D eigenvalue weighted by molar-refractivity contribution is 6.03. The van der Waals surface area contributed by atoms with E-state index in [0.717, 1.165) is 0 Å². The number of nitrogens with zero attached hydrogens (tertiary/aromatic N) is 1. The van der Waals surface area contributed by atoms with E-state index >= 15 is 0 Å². The Labute approximate surface area is 123 Å². The zero-order chi connectivity index (χ0) is 15.1. The third kappa shape index (κ3) is 4.15. The molecular weight excluding hydrogens is 266 g/mol. The van der Waals surface area contributed by atoms with Gasteiger partial charge in [-0.25, -0.2) is 0 Å². The molecule has 0 saturated carbocycles. The molecule has 0 aliphatic heterocycles. The van der Waals surface area contributed by atoms with Gasteiger partial charge in [0.15, 0.2) is 0 Å². The van der Waals surface area contributed by atoms with E-state index < -0.39 is 0 Å². The summed E-state index contributed by atoms with van der Waals surface area (Å²) < 4.78 is 0. The van der Waals surface area contributed by atoms with Crippen LogP contribution in [0.5, 0.6) is 0 Å². The number of hydrogen-bond acceptors (Lipinski definition) is 3. The Morgan fingerprint density at radius 3 is 2.10 bits per heavy atom. The molecule has 0 aliphatic carbocycles. The summed E-state index contributed by atoms with van der Waals surface area (Å²) in [6, 6.07) is 18.1. The first kappa shape index (κ1) is 14.7. The largest absolute Gasteiger partial charge is 0.325 e. The molecule has 21 heavy (non-hydrogen) atoms. The number of nitrogens with two attached hydrogens (primary N) is 1. The van der Waals surface area contributed by atoms with Gasteiger partial charge in [-0.2, -0.15) is 0 Å². The maximum atomic E-state index is 12.1. The highest BCUT2D eigenvalue weighted by atomic mass is 16.2. The van der Waals surface area contributed by atoms with Crippen LogP contribution in [0, 0.1) is 0 Å². The molecule has 2 aromatic rings. The second-order valence-corrected chi connectivity index (χ2v) is 4.43. The van der Waals surface area contributed by atoms with Gasteiger partial charge in [-0.3, -0.25) is 9.59 Å². The molecule has 2 rings (SSSR count). The lowest BCUT2D eigenvalue weighted by atomic mass is 10.2. The van der Waals surface area contributed by atoms with Crippen molar-refractivity contribution in [2.24, 2.45) is 5.73 Å². The number of rotatable bonds is 5. The summed E-state index contributed by atoms with van der Waals surface area (Å²) in [7, 11) is 0. The molecule has 0 unspecified atom stereocenters. The van der Waals surface area contributed by atoms with Crippen molar-refractivity contribution in [1.29, 1.82) is 0 Å². The number of carbonyl (C=O) groups excluding carboxylic acids is 2. The summed E-state index contributed by atoms with van der Waals surface area (Å²) in [5, 5.41) is 2.75. The van der Waals surface area contributed by atoms with Crippen LogP contribution in [0.3, 0.4) is 0 Å². The number of carbonyl (C=O) groups is 2. The van der Waals surface area contributed by atoms with E-state index in [1.54, 1.807) is 36.4 Å². The number of anilines is 2. The van der Waals surface area contributed by atoms with Crippen molar-refractivity contribution in [2.75, 3.05) is 23.3 Å². The van der Waals surface area contributed by atoms with Gasteiger partial charge >= 0.3 is 0 Å². The lowest BCUT2D eigenvalue weighted by Gasteiger charge is -2.21. The van der Waals surface area contributed by atoms with Crippen LogP contribution in [-0.4, -0.2) is 24.9 Å². The minimum Gasteiger partial charge on any atom is -0.325 e. The molecule has 0 atom stereocenters. The van der Waals surface area contributed by atoms with Gasteiger partial charge in [0.25, 0.3) is 0 Å². The average Bonchev–Trinajstić information content (AvgIpc) is 2.53. The Balaban J connectivity index is 2.09. The topological polar surface area (TPSA) is 75.4 Å². The molecular formula is C16H17N3O2. The molecule has 0 saturated heterocycles. The van der Waals surface area contributed by atoms with Gasteiger partial charge in [0.1, 0.15) is 6.54 Å². The third-order valence-electron chi connectivity index (χ3n) is 2.90. The average molecular weight is 283 g/mol. The second kappa shape index (κ2) is 7.21. The number of benzene rings is 2. The zero-order valence-corrected chi connectivity index (χ0v) is 11.5. The van der Waals surface area contributed by atoms with Crippen LogP contribution in [0.1, 0.15) is 0 Å². The van der Waals surface area contributed by atoms with Crippen molar-refractivity contribution in [3.05, 3.63) is 60.7 Å². The van der Waals surface area contributed by atoms with Crippen molar-refractivity contribution < 1.29 is 9.59 Å². The van der Waals surface area contributed by atoms with Crippen LogP contribution in [0.25, 0.3) is 0 Å². The number of nitrogens with one attached hydrogen (secondary N) is 1. The predicted molar refractivity (Wildman–Crippen MR) is 82.9 cm³/mol. The van der Waals surface area contributed by atoms with Crippen LogP contribution >= 0.6 is 0 Å². The summed E-state index contributed by atoms with van der Waals surface area (Å²) in [5.74, 6) is -0.573. The molecule has 2 aromatic carbocycles. The van der Waals surface area contributed by atoms with Crippen LogP contribution < -0.4 is 16.0 Å². The van der Waals surface area contributed by atoms with E-state index in [4.69, 9.17) is 5.73 Å². The molecule has 108 valence electrons. The second-order valence-electron chi connectivity index (χ2n) is 4.43. The summed E-state index contributed by atoms with van der Waals surface area (Å²) in [5.41, 5.74) is 6.76. The summed E-state index contributed by atoms with van der Waals surface area (Å²) in [6.07, 6.45) is 0. The Bertz CT molecular complexity index is 599. The van der Waals surface area contributed by atoms with Crippen LogP contribution in [0.4, 0.5) is 11.4 Å². The Morgan fingerprint density at radius 2 is 1.52 bits per heavy atom. The monoisotopic (exact) mass is 283 g/mol. The minimum absolute atomic E-state index is 0.0745. The molecule has 5 heteroatoms. The van der Waals surface area contributed by atoms with E-state index in [0.29, 0.717) is 11.4 Å². The molecule has 2 amide bonds. The lowest BCUT2D eigenvalue weighted by molar-refractivity contribution is -0.120. The maximum Gasteiger partial charge on any atom is 0.244 e. The fourth-order valence-corrected chi connectivity index (χ4v) is 1.91. The quantitative estimate of drug-likeness (QED) is 0.875. The SMILES string of the molecule is NCC(=O)N(CC(=O)Nc1ccccc1)c1ccccc1. The van der Waals surface area contributed by atoms with Crippen LogP contribution in [0.15, 0.2) is 60.7 Å². The molecule has 0 bridgehead atoms. The molecule has 0 aliphatic rings. The zero-order valence-electron chi connectivity index (χ0n) is 11.5. The molecule has 3 N–H and O–H groups in total. The van der Waals surface area contributed by atoms with E-state index in [-0.39, 0.29) is 24.9 Å². The van der Waals surface area contributed by atoms with E-state index in [1.165, 1.54) is 4.90 Å². The number of para-hydroxylation sites is 2. The number of hydrogen-bond donors (Lipinski definition) is 2. The molecule has 0 heterocycles. The van der Waals surface area contributed by atoms with Crippen molar-refractivity contribution >= 4 is 23.2 Å². The molecule has 0 spiro atoms. The van der Waals surface area contributed by atoms with Crippen molar-refractivity contribution in [2.45, 2.75) is 0 Å². The van der Waals surface area contributed by atoms with Gasteiger partial charge in [-0.1, -0.05) is 36.4 Å². The van der Waals surface area contributed by atoms with E-state index in [2.05, 4.69) is 5.32 Å². The molecule has 0 fully saturated rings. The lowest BCUT2D eigenvalue weighted by Crippen LogP contribution is -2.41. The minimum atomic E-state index is -0.301. The van der Waals surface area contributed by atoms with Gasteiger partial charge < -0.3 is 16.0 Å². The Hall–Kier alpha value is -2.66. The normalized spacial score (nSPS) is 9.95. The first-order valence-corrected chi connectivity index (χ1v) is 6.61. The highest BCUT2D eigenvalue weighted by Crippen LogP contribution is 2.13. The Kier molecular flexibility index (Phi) is 5.06.